The Bertz CT molecular complexity index is 425. The number of carbonyl (C=O) groups is 1. The highest BCUT2D eigenvalue weighted by Gasteiger charge is 2.46. The molecule has 136 valence electrons. The van der Waals surface area contributed by atoms with Crippen molar-refractivity contribution >= 4 is 5.97 Å². The molecular formula is C21H34O3. The van der Waals surface area contributed by atoms with Crippen molar-refractivity contribution in [2.45, 2.75) is 83.2 Å². The highest BCUT2D eigenvalue weighted by atomic mass is 16.5. The van der Waals surface area contributed by atoms with Gasteiger partial charge in [0.2, 0.25) is 0 Å². The fourth-order valence-corrected chi connectivity index (χ4v) is 5.51. The van der Waals surface area contributed by atoms with Crippen molar-refractivity contribution in [3.05, 3.63) is 12.2 Å². The number of hydrogen-bond acceptors (Lipinski definition) is 2. The van der Waals surface area contributed by atoms with E-state index in [2.05, 4.69) is 12.2 Å². The van der Waals surface area contributed by atoms with Crippen molar-refractivity contribution in [2.24, 2.45) is 23.7 Å². The molecule has 1 N–H and O–H groups in total. The Morgan fingerprint density at radius 2 is 1.79 bits per heavy atom. The molecule has 0 unspecified atom stereocenters. The number of ether oxygens (including phenoxy) is 1. The molecule has 3 aliphatic rings. The quantitative estimate of drug-likeness (QED) is 0.441. The lowest BCUT2D eigenvalue weighted by atomic mass is 9.76. The molecule has 3 heteroatoms. The maximum atomic E-state index is 10.5. The normalized spacial score (nSPS) is 33.0. The maximum Gasteiger partial charge on any atom is 0.303 e. The van der Waals surface area contributed by atoms with Crippen LogP contribution in [-0.4, -0.2) is 23.8 Å². The van der Waals surface area contributed by atoms with Gasteiger partial charge in [-0.15, -0.1) is 0 Å². The Kier molecular flexibility index (Phi) is 6.76. The molecule has 3 saturated carbocycles. The van der Waals surface area contributed by atoms with E-state index in [9.17, 15) is 4.79 Å². The van der Waals surface area contributed by atoms with Crippen LogP contribution in [-0.2, 0) is 9.53 Å². The number of fused-ring (bicyclic) bond motifs is 2. The smallest absolute Gasteiger partial charge is 0.303 e. The summed E-state index contributed by atoms with van der Waals surface area (Å²) in [5.41, 5.74) is 0. The Morgan fingerprint density at radius 1 is 1.04 bits per heavy atom. The molecule has 3 fully saturated rings. The largest absolute Gasteiger partial charge is 0.481 e. The molecule has 3 nitrogen and oxygen atoms in total. The summed E-state index contributed by atoms with van der Waals surface area (Å²) in [4.78, 5) is 10.5. The molecule has 0 spiro atoms. The number of carboxylic acids is 1. The van der Waals surface area contributed by atoms with Crippen molar-refractivity contribution in [3.8, 4) is 0 Å². The van der Waals surface area contributed by atoms with E-state index < -0.39 is 5.97 Å². The van der Waals surface area contributed by atoms with E-state index in [4.69, 9.17) is 9.84 Å². The van der Waals surface area contributed by atoms with E-state index >= 15 is 0 Å². The van der Waals surface area contributed by atoms with Crippen molar-refractivity contribution in [3.63, 3.8) is 0 Å². The van der Waals surface area contributed by atoms with Crippen LogP contribution >= 0.6 is 0 Å². The van der Waals surface area contributed by atoms with Gasteiger partial charge in [0.25, 0.3) is 0 Å². The zero-order chi connectivity index (χ0) is 16.8. The fraction of sp³-hybridized carbons (Fsp3) is 0.857. The molecule has 24 heavy (non-hydrogen) atoms. The van der Waals surface area contributed by atoms with Crippen LogP contribution in [0.3, 0.4) is 0 Å². The molecular weight excluding hydrogens is 300 g/mol. The minimum atomic E-state index is -0.682. The van der Waals surface area contributed by atoms with Gasteiger partial charge in [-0.1, -0.05) is 25.0 Å². The van der Waals surface area contributed by atoms with Gasteiger partial charge in [-0.25, -0.2) is 0 Å². The van der Waals surface area contributed by atoms with Gasteiger partial charge in [0.1, 0.15) is 0 Å². The highest BCUT2D eigenvalue weighted by Crippen LogP contribution is 2.54. The standard InChI is InChI=1S/C21H34O3/c22-21(23)10-4-2-1-3-9-19-16-11-12-17(15-16)20(19)13-14-24-18-7-5-6-8-18/h1,3,16-20H,2,4-15H2,(H,22,23)/b3-1-/t16-,17+,19-,20+/m0/s1. The first-order valence-corrected chi connectivity index (χ1v) is 10.2. The lowest BCUT2D eigenvalue weighted by Crippen LogP contribution is -2.24. The van der Waals surface area contributed by atoms with Crippen LogP contribution in [0.25, 0.3) is 0 Å². The molecule has 0 aromatic heterocycles. The number of rotatable bonds is 10. The summed E-state index contributed by atoms with van der Waals surface area (Å²) in [6, 6.07) is 0. The van der Waals surface area contributed by atoms with E-state index in [-0.39, 0.29) is 0 Å². The van der Waals surface area contributed by atoms with Gasteiger partial charge in [-0.05, 0) is 81.5 Å². The summed E-state index contributed by atoms with van der Waals surface area (Å²) >= 11 is 0. The zero-order valence-corrected chi connectivity index (χ0v) is 15.0. The summed E-state index contributed by atoms with van der Waals surface area (Å²) in [6.45, 7) is 0.970. The lowest BCUT2D eigenvalue weighted by Gasteiger charge is -2.31. The van der Waals surface area contributed by atoms with Crippen LogP contribution in [0.4, 0.5) is 0 Å². The van der Waals surface area contributed by atoms with E-state index in [0.717, 1.165) is 43.1 Å². The molecule has 0 aromatic carbocycles. The minimum absolute atomic E-state index is 0.291. The van der Waals surface area contributed by atoms with Crippen LogP contribution in [0.15, 0.2) is 12.2 Å². The predicted molar refractivity (Wildman–Crippen MR) is 95.9 cm³/mol. The number of unbranched alkanes of at least 4 members (excludes halogenated alkanes) is 1. The molecule has 0 aromatic rings. The Labute approximate surface area is 146 Å². The number of carboxylic acid groups (broad SMARTS) is 1. The average molecular weight is 335 g/mol. The second-order valence-corrected chi connectivity index (χ2v) is 8.22. The zero-order valence-electron chi connectivity index (χ0n) is 15.0. The Morgan fingerprint density at radius 3 is 2.54 bits per heavy atom. The molecule has 2 bridgehead atoms. The first-order chi connectivity index (χ1) is 11.7. The van der Waals surface area contributed by atoms with Gasteiger partial charge in [-0.3, -0.25) is 4.79 Å². The van der Waals surface area contributed by atoms with Crippen molar-refractivity contribution in [1.29, 1.82) is 0 Å². The van der Waals surface area contributed by atoms with Crippen LogP contribution in [0.5, 0.6) is 0 Å². The summed E-state index contributed by atoms with van der Waals surface area (Å²) < 4.78 is 6.13. The molecule has 0 heterocycles. The summed E-state index contributed by atoms with van der Waals surface area (Å²) in [6.07, 6.45) is 19.1. The van der Waals surface area contributed by atoms with Gasteiger partial charge in [0.15, 0.2) is 0 Å². The minimum Gasteiger partial charge on any atom is -0.481 e. The van der Waals surface area contributed by atoms with Gasteiger partial charge in [0, 0.05) is 13.0 Å². The molecule has 4 atom stereocenters. The lowest BCUT2D eigenvalue weighted by molar-refractivity contribution is -0.137. The maximum absolute atomic E-state index is 10.5. The van der Waals surface area contributed by atoms with E-state index in [1.165, 1.54) is 57.8 Å². The van der Waals surface area contributed by atoms with Crippen LogP contribution in [0.2, 0.25) is 0 Å². The van der Waals surface area contributed by atoms with Crippen molar-refractivity contribution in [2.75, 3.05) is 6.61 Å². The molecule has 3 rings (SSSR count). The van der Waals surface area contributed by atoms with Crippen molar-refractivity contribution < 1.29 is 14.6 Å². The second kappa shape index (κ2) is 9.03. The second-order valence-electron chi connectivity index (χ2n) is 8.22. The summed E-state index contributed by atoms with van der Waals surface area (Å²) in [5, 5.41) is 8.67. The Hall–Kier alpha value is -0.830. The topological polar surface area (TPSA) is 46.5 Å². The van der Waals surface area contributed by atoms with Crippen LogP contribution in [0.1, 0.15) is 77.0 Å². The molecule has 0 saturated heterocycles. The number of hydrogen-bond donors (Lipinski definition) is 1. The van der Waals surface area contributed by atoms with E-state index in [1.807, 2.05) is 0 Å². The van der Waals surface area contributed by atoms with E-state index in [1.54, 1.807) is 0 Å². The predicted octanol–water partition coefficient (Wildman–Crippen LogP) is 5.20. The number of allylic oxidation sites excluding steroid dienone is 2. The third-order valence-electron chi connectivity index (χ3n) is 6.72. The van der Waals surface area contributed by atoms with Gasteiger partial charge in [-0.2, -0.15) is 0 Å². The first kappa shape index (κ1) is 18.0. The van der Waals surface area contributed by atoms with Gasteiger partial charge in [0.05, 0.1) is 6.10 Å². The molecule has 0 amide bonds. The third kappa shape index (κ3) is 4.84. The molecule has 3 aliphatic carbocycles. The molecule has 0 aliphatic heterocycles. The fourth-order valence-electron chi connectivity index (χ4n) is 5.51. The van der Waals surface area contributed by atoms with E-state index in [0.29, 0.717) is 12.5 Å². The van der Waals surface area contributed by atoms with Crippen LogP contribution in [0, 0.1) is 23.7 Å². The summed E-state index contributed by atoms with van der Waals surface area (Å²) in [7, 11) is 0. The molecule has 0 radical (unpaired) electrons. The highest BCUT2D eigenvalue weighted by molar-refractivity contribution is 5.66. The Balaban J connectivity index is 1.39. The van der Waals surface area contributed by atoms with Crippen LogP contribution < -0.4 is 0 Å². The SMILES string of the molecule is O=C(O)CCC/C=C\C[C@H]1[C@H]2CC[C@H](C2)[C@H]1CCOC1CCCC1. The average Bonchev–Trinajstić information content (AvgIpc) is 3.28. The summed E-state index contributed by atoms with van der Waals surface area (Å²) in [5.74, 6) is 2.93. The third-order valence-corrected chi connectivity index (χ3v) is 6.72. The van der Waals surface area contributed by atoms with Gasteiger partial charge < -0.3 is 9.84 Å². The first-order valence-electron chi connectivity index (χ1n) is 10.2. The number of aliphatic carboxylic acids is 1. The van der Waals surface area contributed by atoms with Gasteiger partial charge >= 0.3 is 5.97 Å². The monoisotopic (exact) mass is 334 g/mol. The van der Waals surface area contributed by atoms with Crippen molar-refractivity contribution in [1.82, 2.24) is 0 Å².